The molecule has 2 aliphatic rings. The number of methoxy groups -OCH3 is 1. The van der Waals surface area contributed by atoms with E-state index in [-0.39, 0.29) is 23.0 Å². The minimum Gasteiger partial charge on any atom is -0.503 e. The minimum atomic E-state index is -0.307. The van der Waals surface area contributed by atoms with Crippen molar-refractivity contribution in [3.05, 3.63) is 69.7 Å². The Morgan fingerprint density at radius 3 is 2.68 bits per heavy atom. The summed E-state index contributed by atoms with van der Waals surface area (Å²) in [5.41, 5.74) is 4.88. The molecule has 0 saturated carbocycles. The summed E-state index contributed by atoms with van der Waals surface area (Å²) in [6.45, 7) is 4.33. The van der Waals surface area contributed by atoms with Crippen molar-refractivity contribution >= 4 is 43.7 Å². The number of Topliss-reactive ketones (excluding diaryl/α,β-unsaturated/α-hetero) is 1. The Morgan fingerprint density at radius 1 is 1.13 bits per heavy atom. The lowest BCUT2D eigenvalue weighted by molar-refractivity contribution is -0.118. The largest absolute Gasteiger partial charge is 0.503 e. The first kappa shape index (κ1) is 20.1. The standard InChI is InChI=1S/C26H24BrNO3/c1-26(2)12-17-22-16-7-5-4-6-14(16)8-9-19(22)28-24(23(17)20(29)13-26)15-10-18(27)25(30)21(11-15)31-3/h4-11,24,28,30H,12-13H2,1-3H3/t24-/m1/s1. The number of ether oxygens (including phenoxy) is 1. The van der Waals surface area contributed by atoms with Crippen molar-refractivity contribution in [1.29, 1.82) is 0 Å². The average molecular weight is 478 g/mol. The molecule has 1 atom stereocenters. The fourth-order valence-electron chi connectivity index (χ4n) is 5.00. The number of carbonyl (C=O) groups is 1. The molecule has 0 spiro atoms. The lowest BCUT2D eigenvalue weighted by atomic mass is 9.68. The summed E-state index contributed by atoms with van der Waals surface area (Å²) in [5, 5.41) is 16.2. The van der Waals surface area contributed by atoms with Crippen molar-refractivity contribution < 1.29 is 14.6 Å². The maximum Gasteiger partial charge on any atom is 0.172 e. The van der Waals surface area contributed by atoms with Crippen molar-refractivity contribution in [2.75, 3.05) is 12.4 Å². The van der Waals surface area contributed by atoms with Crippen LogP contribution >= 0.6 is 15.9 Å². The molecule has 2 N–H and O–H groups in total. The average Bonchev–Trinajstić information content (AvgIpc) is 2.73. The first-order chi connectivity index (χ1) is 14.8. The number of rotatable bonds is 2. The molecule has 31 heavy (non-hydrogen) atoms. The SMILES string of the molecule is COc1cc([C@H]2Nc3ccc4ccccc4c3C3=C2C(=O)CC(C)(C)C3)cc(Br)c1O. The first-order valence-corrected chi connectivity index (χ1v) is 11.2. The number of carbonyl (C=O) groups excluding carboxylic acids is 1. The monoisotopic (exact) mass is 477 g/mol. The summed E-state index contributed by atoms with van der Waals surface area (Å²) in [5.74, 6) is 0.602. The number of phenolic OH excluding ortho intramolecular Hbond substituents is 1. The molecule has 0 aromatic heterocycles. The minimum absolute atomic E-state index is 0.0544. The van der Waals surface area contributed by atoms with E-state index < -0.39 is 0 Å². The summed E-state index contributed by atoms with van der Waals surface area (Å²) in [4.78, 5) is 13.5. The van der Waals surface area contributed by atoms with E-state index in [1.807, 2.05) is 18.2 Å². The van der Waals surface area contributed by atoms with E-state index in [9.17, 15) is 9.90 Å². The van der Waals surface area contributed by atoms with Crippen molar-refractivity contribution in [1.82, 2.24) is 0 Å². The Kier molecular flexibility index (Phi) is 4.63. The van der Waals surface area contributed by atoms with Crippen molar-refractivity contribution in [3.8, 4) is 11.5 Å². The van der Waals surface area contributed by atoms with Crippen molar-refractivity contribution in [3.63, 3.8) is 0 Å². The zero-order chi connectivity index (χ0) is 21.9. The third kappa shape index (κ3) is 3.23. The summed E-state index contributed by atoms with van der Waals surface area (Å²) in [6, 6.07) is 15.9. The van der Waals surface area contributed by atoms with Crippen LogP contribution in [0.15, 0.2) is 58.6 Å². The Balaban J connectivity index is 1.79. The van der Waals surface area contributed by atoms with Gasteiger partial charge in [-0.15, -0.1) is 0 Å². The zero-order valence-electron chi connectivity index (χ0n) is 17.8. The van der Waals surface area contributed by atoms with Crippen LogP contribution in [-0.4, -0.2) is 18.0 Å². The maximum atomic E-state index is 13.5. The van der Waals surface area contributed by atoms with Gasteiger partial charge in [-0.25, -0.2) is 0 Å². The van der Waals surface area contributed by atoms with Gasteiger partial charge in [-0.1, -0.05) is 44.2 Å². The van der Waals surface area contributed by atoms with Crippen LogP contribution in [0.25, 0.3) is 16.3 Å². The lowest BCUT2D eigenvalue weighted by Crippen LogP contribution is -2.33. The Hall–Kier alpha value is -2.79. The fraction of sp³-hybridized carbons (Fsp3) is 0.269. The van der Waals surface area contributed by atoms with Gasteiger partial charge in [0.1, 0.15) is 0 Å². The van der Waals surface area contributed by atoms with Crippen LogP contribution < -0.4 is 10.1 Å². The highest BCUT2D eigenvalue weighted by atomic mass is 79.9. The number of anilines is 1. The van der Waals surface area contributed by atoms with Crippen LogP contribution in [0.5, 0.6) is 11.5 Å². The van der Waals surface area contributed by atoms with E-state index in [0.717, 1.165) is 39.8 Å². The molecule has 1 aliphatic heterocycles. The van der Waals surface area contributed by atoms with Crippen LogP contribution in [0, 0.1) is 5.41 Å². The highest BCUT2D eigenvalue weighted by Crippen LogP contribution is 2.52. The third-order valence-corrected chi connectivity index (χ3v) is 6.95. The molecule has 0 fully saturated rings. The van der Waals surface area contributed by atoms with E-state index in [1.54, 1.807) is 6.07 Å². The van der Waals surface area contributed by atoms with E-state index in [4.69, 9.17) is 4.74 Å². The molecule has 1 aliphatic carbocycles. The topological polar surface area (TPSA) is 58.6 Å². The van der Waals surface area contributed by atoms with Crippen molar-refractivity contribution in [2.24, 2.45) is 5.41 Å². The molecule has 0 radical (unpaired) electrons. The van der Waals surface area contributed by atoms with Crippen LogP contribution in [-0.2, 0) is 4.79 Å². The molecule has 0 amide bonds. The third-order valence-electron chi connectivity index (χ3n) is 6.34. The van der Waals surface area contributed by atoms with Gasteiger partial charge in [0.2, 0.25) is 0 Å². The molecule has 5 heteroatoms. The Bertz CT molecular complexity index is 1280. The number of allylic oxidation sites excluding steroid dienone is 1. The van der Waals surface area contributed by atoms with Gasteiger partial charge in [0.05, 0.1) is 17.6 Å². The molecular formula is C26H24BrNO3. The predicted molar refractivity (Wildman–Crippen MR) is 128 cm³/mol. The summed E-state index contributed by atoms with van der Waals surface area (Å²) >= 11 is 3.43. The van der Waals surface area contributed by atoms with Gasteiger partial charge in [-0.3, -0.25) is 4.79 Å². The number of hydrogen-bond donors (Lipinski definition) is 2. The number of aromatic hydroxyl groups is 1. The number of nitrogens with one attached hydrogen (secondary N) is 1. The molecule has 0 unspecified atom stereocenters. The van der Waals surface area contributed by atoms with Crippen LogP contribution in [0.2, 0.25) is 0 Å². The van der Waals surface area contributed by atoms with Gasteiger partial charge in [-0.05, 0) is 67.9 Å². The predicted octanol–water partition coefficient (Wildman–Crippen LogP) is 6.63. The smallest absolute Gasteiger partial charge is 0.172 e. The summed E-state index contributed by atoms with van der Waals surface area (Å²) in [6.07, 6.45) is 1.35. The molecule has 5 rings (SSSR count). The maximum absolute atomic E-state index is 13.5. The number of phenols is 1. The van der Waals surface area contributed by atoms with Gasteiger partial charge < -0.3 is 15.2 Å². The zero-order valence-corrected chi connectivity index (χ0v) is 19.3. The molecule has 0 bridgehead atoms. The number of halogens is 1. The first-order valence-electron chi connectivity index (χ1n) is 10.4. The quantitative estimate of drug-likeness (QED) is 0.434. The van der Waals surface area contributed by atoms with E-state index >= 15 is 0 Å². The highest BCUT2D eigenvalue weighted by Gasteiger charge is 2.41. The second kappa shape index (κ2) is 7.13. The molecule has 3 aromatic rings. The van der Waals surface area contributed by atoms with Crippen LogP contribution in [0.3, 0.4) is 0 Å². The molecular weight excluding hydrogens is 454 g/mol. The van der Waals surface area contributed by atoms with Crippen molar-refractivity contribution in [2.45, 2.75) is 32.7 Å². The summed E-state index contributed by atoms with van der Waals surface area (Å²) in [7, 11) is 1.53. The van der Waals surface area contributed by atoms with Gasteiger partial charge >= 0.3 is 0 Å². The second-order valence-electron chi connectivity index (χ2n) is 9.17. The lowest BCUT2D eigenvalue weighted by Gasteiger charge is -2.40. The Labute approximate surface area is 190 Å². The van der Waals surface area contributed by atoms with E-state index in [0.29, 0.717) is 16.6 Å². The molecule has 3 aromatic carbocycles. The van der Waals surface area contributed by atoms with Crippen LogP contribution in [0.1, 0.15) is 43.9 Å². The van der Waals surface area contributed by atoms with Gasteiger partial charge in [0.25, 0.3) is 0 Å². The van der Waals surface area contributed by atoms with Gasteiger partial charge in [0.15, 0.2) is 17.3 Å². The molecule has 158 valence electrons. The molecule has 0 saturated heterocycles. The number of fused-ring (bicyclic) bond motifs is 4. The normalized spacial score (nSPS) is 19.6. The number of benzene rings is 3. The van der Waals surface area contributed by atoms with E-state index in [1.165, 1.54) is 12.5 Å². The second-order valence-corrected chi connectivity index (χ2v) is 10.0. The summed E-state index contributed by atoms with van der Waals surface area (Å²) < 4.78 is 5.91. The van der Waals surface area contributed by atoms with E-state index in [2.05, 4.69) is 59.4 Å². The highest BCUT2D eigenvalue weighted by molar-refractivity contribution is 9.10. The van der Waals surface area contributed by atoms with Gasteiger partial charge in [0, 0.05) is 23.2 Å². The van der Waals surface area contributed by atoms with Gasteiger partial charge in [-0.2, -0.15) is 0 Å². The molecule has 4 nitrogen and oxygen atoms in total. The number of ketones is 1. The molecule has 1 heterocycles. The van der Waals surface area contributed by atoms with Crippen LogP contribution in [0.4, 0.5) is 5.69 Å². The number of hydrogen-bond acceptors (Lipinski definition) is 4. The Morgan fingerprint density at radius 2 is 1.90 bits per heavy atom. The fourth-order valence-corrected chi connectivity index (χ4v) is 5.46.